The summed E-state index contributed by atoms with van der Waals surface area (Å²) in [6, 6.07) is 21.0. The van der Waals surface area contributed by atoms with Crippen molar-refractivity contribution in [2.75, 3.05) is 18.5 Å². The van der Waals surface area contributed by atoms with Crippen LogP contribution in [0.2, 0.25) is 0 Å². The van der Waals surface area contributed by atoms with E-state index in [-0.39, 0.29) is 29.1 Å². The monoisotopic (exact) mass is 491 g/mol. The number of carboxylic acids is 2. The molecule has 188 valence electrons. The number of carbonyl (C=O) groups is 3. The van der Waals surface area contributed by atoms with Crippen LogP contribution < -0.4 is 14.8 Å². The van der Waals surface area contributed by atoms with Crippen LogP contribution in [-0.2, 0) is 11.2 Å². The minimum absolute atomic E-state index is 0.0747. The third-order valence-electron chi connectivity index (χ3n) is 5.38. The Balaban J connectivity index is 1.34. The number of ether oxygens (including phenoxy) is 2. The first-order chi connectivity index (χ1) is 17.4. The van der Waals surface area contributed by atoms with Crippen LogP contribution in [0.1, 0.15) is 52.0 Å². The molecule has 3 rings (SSSR count). The lowest BCUT2D eigenvalue weighted by atomic mass is 10.1. The van der Waals surface area contributed by atoms with E-state index in [0.717, 1.165) is 36.0 Å². The van der Waals surface area contributed by atoms with Crippen LogP contribution >= 0.6 is 0 Å². The smallest absolute Gasteiger partial charge is 0.337 e. The first-order valence-corrected chi connectivity index (χ1v) is 11.7. The zero-order chi connectivity index (χ0) is 25.8. The molecule has 36 heavy (non-hydrogen) atoms. The second kappa shape index (κ2) is 13.5. The Bertz CT molecular complexity index is 1160. The molecule has 0 heterocycles. The molecule has 3 aromatic rings. The summed E-state index contributed by atoms with van der Waals surface area (Å²) >= 11 is 0. The van der Waals surface area contributed by atoms with E-state index < -0.39 is 11.9 Å². The van der Waals surface area contributed by atoms with Gasteiger partial charge in [0.05, 0.1) is 30.0 Å². The Morgan fingerprint density at radius 3 is 1.97 bits per heavy atom. The van der Waals surface area contributed by atoms with Gasteiger partial charge in [-0.15, -0.1) is 0 Å². The fourth-order valence-electron chi connectivity index (χ4n) is 3.48. The van der Waals surface area contributed by atoms with Crippen LogP contribution in [0.3, 0.4) is 0 Å². The second-order valence-electron chi connectivity index (χ2n) is 8.13. The number of aromatic carboxylic acids is 2. The number of nitrogens with one attached hydrogen (secondary N) is 1. The van der Waals surface area contributed by atoms with E-state index in [1.165, 1.54) is 12.1 Å². The van der Waals surface area contributed by atoms with E-state index in [2.05, 4.69) is 5.32 Å². The number of carboxylic acid groups (broad SMARTS) is 2. The SMILES string of the molecule is O=C(CCCc1ccc(OCCCCOc2ccccc2)cc1)Nc1ccc(C(=O)O)cc1C(=O)O. The van der Waals surface area contributed by atoms with Gasteiger partial charge in [-0.05, 0) is 73.7 Å². The number of para-hydroxylation sites is 1. The lowest BCUT2D eigenvalue weighted by molar-refractivity contribution is -0.116. The summed E-state index contributed by atoms with van der Waals surface area (Å²) in [6.45, 7) is 1.24. The molecule has 0 radical (unpaired) electrons. The first-order valence-electron chi connectivity index (χ1n) is 11.7. The van der Waals surface area contributed by atoms with Crippen molar-refractivity contribution in [3.63, 3.8) is 0 Å². The molecule has 0 saturated heterocycles. The number of hydrogen-bond acceptors (Lipinski definition) is 5. The molecule has 0 aromatic heterocycles. The van der Waals surface area contributed by atoms with Crippen molar-refractivity contribution in [2.24, 2.45) is 0 Å². The van der Waals surface area contributed by atoms with Crippen molar-refractivity contribution in [1.29, 1.82) is 0 Å². The lowest BCUT2D eigenvalue weighted by Gasteiger charge is -2.10. The van der Waals surface area contributed by atoms with E-state index in [9.17, 15) is 19.5 Å². The van der Waals surface area contributed by atoms with Gasteiger partial charge in [0.15, 0.2) is 0 Å². The standard InChI is InChI=1S/C28H29NO7/c30-26(29-25-16-13-21(27(31)32)19-24(25)28(33)34)10-6-7-20-11-14-23(15-12-20)36-18-5-4-17-35-22-8-2-1-3-9-22/h1-3,8-9,11-16,19H,4-7,10,17-18H2,(H,29,30)(H,31,32)(H,33,34). The zero-order valence-corrected chi connectivity index (χ0v) is 19.8. The first kappa shape index (κ1) is 26.3. The van der Waals surface area contributed by atoms with Gasteiger partial charge in [-0.2, -0.15) is 0 Å². The van der Waals surface area contributed by atoms with Crippen LogP contribution in [0.4, 0.5) is 5.69 Å². The molecule has 0 aliphatic rings. The number of benzene rings is 3. The third kappa shape index (κ3) is 8.47. The molecule has 1 amide bonds. The van der Waals surface area contributed by atoms with Crippen molar-refractivity contribution < 1.29 is 34.1 Å². The fraction of sp³-hybridized carbons (Fsp3) is 0.250. The summed E-state index contributed by atoms with van der Waals surface area (Å²) in [5.41, 5.74) is 0.714. The third-order valence-corrected chi connectivity index (χ3v) is 5.38. The van der Waals surface area contributed by atoms with E-state index in [1.54, 1.807) is 0 Å². The molecule has 3 aromatic carbocycles. The molecule has 8 nitrogen and oxygen atoms in total. The van der Waals surface area contributed by atoms with Gasteiger partial charge in [0, 0.05) is 6.42 Å². The van der Waals surface area contributed by atoms with Crippen LogP contribution in [0.25, 0.3) is 0 Å². The molecule has 0 atom stereocenters. The lowest BCUT2D eigenvalue weighted by Crippen LogP contribution is -2.15. The molecule has 3 N–H and O–H groups in total. The van der Waals surface area contributed by atoms with E-state index >= 15 is 0 Å². The number of rotatable bonds is 14. The molecule has 0 bridgehead atoms. The highest BCUT2D eigenvalue weighted by Gasteiger charge is 2.15. The molecule has 0 fully saturated rings. The van der Waals surface area contributed by atoms with Gasteiger partial charge in [-0.3, -0.25) is 4.79 Å². The Labute approximate surface area is 209 Å². The van der Waals surface area contributed by atoms with Gasteiger partial charge >= 0.3 is 11.9 Å². The molecule has 0 saturated carbocycles. The molecular formula is C28H29NO7. The number of carbonyl (C=O) groups excluding carboxylic acids is 1. The van der Waals surface area contributed by atoms with Gasteiger partial charge in [0.25, 0.3) is 0 Å². The van der Waals surface area contributed by atoms with Crippen LogP contribution in [0.15, 0.2) is 72.8 Å². The number of amides is 1. The minimum atomic E-state index is -1.31. The van der Waals surface area contributed by atoms with Crippen LogP contribution in [0.5, 0.6) is 11.5 Å². The summed E-state index contributed by atoms with van der Waals surface area (Å²) in [5, 5.41) is 20.9. The quantitative estimate of drug-likeness (QED) is 0.262. The van der Waals surface area contributed by atoms with E-state index in [1.807, 2.05) is 54.6 Å². The van der Waals surface area contributed by atoms with Gasteiger partial charge in [-0.25, -0.2) is 9.59 Å². The zero-order valence-electron chi connectivity index (χ0n) is 19.8. The summed E-state index contributed by atoms with van der Waals surface area (Å²) in [4.78, 5) is 34.7. The summed E-state index contributed by atoms with van der Waals surface area (Å²) in [5.74, 6) is -1.23. The van der Waals surface area contributed by atoms with E-state index in [4.69, 9.17) is 14.6 Å². The van der Waals surface area contributed by atoms with Crippen molar-refractivity contribution in [1.82, 2.24) is 0 Å². The largest absolute Gasteiger partial charge is 0.494 e. The second-order valence-corrected chi connectivity index (χ2v) is 8.13. The highest BCUT2D eigenvalue weighted by Crippen LogP contribution is 2.19. The predicted octanol–water partition coefficient (Wildman–Crippen LogP) is 5.28. The van der Waals surface area contributed by atoms with Gasteiger partial charge in [-0.1, -0.05) is 30.3 Å². The average molecular weight is 492 g/mol. The molecule has 0 unspecified atom stereocenters. The molecule has 0 aliphatic carbocycles. The maximum atomic E-state index is 12.3. The summed E-state index contributed by atoms with van der Waals surface area (Å²) in [6.07, 6.45) is 3.22. The van der Waals surface area contributed by atoms with Crippen LogP contribution in [-0.4, -0.2) is 41.3 Å². The number of anilines is 1. The van der Waals surface area contributed by atoms with Crippen molar-refractivity contribution >= 4 is 23.5 Å². The molecule has 8 heteroatoms. The molecular weight excluding hydrogens is 462 g/mol. The van der Waals surface area contributed by atoms with Gasteiger partial charge in [0.1, 0.15) is 11.5 Å². The Kier molecular flexibility index (Phi) is 9.88. The highest BCUT2D eigenvalue weighted by atomic mass is 16.5. The topological polar surface area (TPSA) is 122 Å². The van der Waals surface area contributed by atoms with Crippen molar-refractivity contribution in [3.05, 3.63) is 89.5 Å². The normalized spacial score (nSPS) is 10.4. The molecule has 0 aliphatic heterocycles. The van der Waals surface area contributed by atoms with Crippen molar-refractivity contribution in [2.45, 2.75) is 32.1 Å². The minimum Gasteiger partial charge on any atom is -0.494 e. The van der Waals surface area contributed by atoms with Crippen LogP contribution in [0, 0.1) is 0 Å². The number of unbranched alkanes of at least 4 members (excludes halogenated alkanes) is 1. The Hall–Kier alpha value is -4.33. The summed E-state index contributed by atoms with van der Waals surface area (Å²) in [7, 11) is 0. The van der Waals surface area contributed by atoms with Gasteiger partial charge in [0.2, 0.25) is 5.91 Å². The summed E-state index contributed by atoms with van der Waals surface area (Å²) < 4.78 is 11.4. The van der Waals surface area contributed by atoms with E-state index in [0.29, 0.717) is 26.1 Å². The maximum Gasteiger partial charge on any atom is 0.337 e. The Morgan fingerprint density at radius 1 is 0.722 bits per heavy atom. The Morgan fingerprint density at radius 2 is 1.36 bits per heavy atom. The number of hydrogen-bond donors (Lipinski definition) is 3. The predicted molar refractivity (Wildman–Crippen MR) is 135 cm³/mol. The van der Waals surface area contributed by atoms with Gasteiger partial charge < -0.3 is 25.0 Å². The fourth-order valence-corrected chi connectivity index (χ4v) is 3.48. The average Bonchev–Trinajstić information content (AvgIpc) is 2.87. The highest BCUT2D eigenvalue weighted by molar-refractivity contribution is 6.02. The number of aryl methyl sites for hydroxylation is 1. The molecule has 0 spiro atoms. The maximum absolute atomic E-state index is 12.3. The van der Waals surface area contributed by atoms with Crippen molar-refractivity contribution in [3.8, 4) is 11.5 Å².